The van der Waals surface area contributed by atoms with E-state index in [1.807, 2.05) is 27.7 Å². The molecule has 1 fully saturated rings. The van der Waals surface area contributed by atoms with Crippen LogP contribution < -0.4 is 5.46 Å². The fourth-order valence-corrected chi connectivity index (χ4v) is 1.89. The Bertz CT molecular complexity index is 508. The third-order valence-corrected chi connectivity index (χ3v) is 3.80. The lowest BCUT2D eigenvalue weighted by Crippen LogP contribution is -2.41. The quantitative estimate of drug-likeness (QED) is 0.789. The van der Waals surface area contributed by atoms with Gasteiger partial charge in [-0.25, -0.2) is 4.79 Å². The highest BCUT2D eigenvalue weighted by molar-refractivity contribution is 6.63. The Morgan fingerprint density at radius 3 is 2.16 bits per heavy atom. The zero-order valence-electron chi connectivity index (χ0n) is 11.4. The molecule has 1 aliphatic heterocycles. The van der Waals surface area contributed by atoms with Gasteiger partial charge >= 0.3 is 13.1 Å². The number of aromatic hydroxyl groups is 1. The molecule has 5 nitrogen and oxygen atoms in total. The van der Waals surface area contributed by atoms with Gasteiger partial charge in [0.25, 0.3) is 0 Å². The van der Waals surface area contributed by atoms with Crippen LogP contribution in [0.4, 0.5) is 0 Å². The van der Waals surface area contributed by atoms with E-state index in [-0.39, 0.29) is 11.3 Å². The molecule has 1 saturated heterocycles. The molecule has 19 heavy (non-hydrogen) atoms. The second-order valence-electron chi connectivity index (χ2n) is 5.64. The van der Waals surface area contributed by atoms with Crippen molar-refractivity contribution in [1.29, 1.82) is 0 Å². The summed E-state index contributed by atoms with van der Waals surface area (Å²) in [6.45, 7) is 7.58. The van der Waals surface area contributed by atoms with E-state index in [0.29, 0.717) is 5.46 Å². The van der Waals surface area contributed by atoms with Crippen LogP contribution in [0.5, 0.6) is 5.75 Å². The maximum absolute atomic E-state index is 11.0. The molecule has 1 aliphatic rings. The Hall–Kier alpha value is -1.53. The van der Waals surface area contributed by atoms with Gasteiger partial charge in [0.15, 0.2) is 0 Å². The molecule has 2 rings (SSSR count). The van der Waals surface area contributed by atoms with E-state index in [9.17, 15) is 9.90 Å². The highest BCUT2D eigenvalue weighted by Crippen LogP contribution is 2.37. The lowest BCUT2D eigenvalue weighted by Gasteiger charge is -2.32. The molecule has 0 saturated carbocycles. The number of carboxylic acid groups (broad SMARTS) is 1. The first-order valence-electron chi connectivity index (χ1n) is 6.06. The molecule has 0 aromatic heterocycles. The summed E-state index contributed by atoms with van der Waals surface area (Å²) in [5.41, 5.74) is -0.905. The molecule has 1 aromatic rings. The SMILES string of the molecule is CC1(C)OB(c2cccc(C(=O)O)c2O)OC1(C)C. The number of rotatable bonds is 2. The van der Waals surface area contributed by atoms with Crippen LogP contribution in [0.2, 0.25) is 0 Å². The number of carboxylic acids is 1. The fraction of sp³-hybridized carbons (Fsp3) is 0.462. The summed E-state index contributed by atoms with van der Waals surface area (Å²) >= 11 is 0. The Labute approximate surface area is 112 Å². The minimum atomic E-state index is -1.18. The molecule has 1 aromatic carbocycles. The third kappa shape index (κ3) is 2.22. The molecule has 0 radical (unpaired) electrons. The van der Waals surface area contributed by atoms with Crippen LogP contribution in [0, 0.1) is 0 Å². The van der Waals surface area contributed by atoms with Crippen LogP contribution in [0.3, 0.4) is 0 Å². The Morgan fingerprint density at radius 1 is 1.16 bits per heavy atom. The summed E-state index contributed by atoms with van der Waals surface area (Å²) in [5, 5.41) is 19.0. The largest absolute Gasteiger partial charge is 0.507 e. The number of hydrogen-bond donors (Lipinski definition) is 2. The van der Waals surface area contributed by atoms with Gasteiger partial charge in [-0.2, -0.15) is 0 Å². The van der Waals surface area contributed by atoms with E-state index >= 15 is 0 Å². The lowest BCUT2D eigenvalue weighted by molar-refractivity contribution is 0.00578. The highest BCUT2D eigenvalue weighted by atomic mass is 16.7. The van der Waals surface area contributed by atoms with Gasteiger partial charge in [-0.1, -0.05) is 12.1 Å². The van der Waals surface area contributed by atoms with Crippen LogP contribution in [0.25, 0.3) is 0 Å². The second-order valence-corrected chi connectivity index (χ2v) is 5.64. The molecular formula is C13H17BO5. The number of phenols is 1. The molecule has 1 heterocycles. The Morgan fingerprint density at radius 2 is 1.68 bits per heavy atom. The van der Waals surface area contributed by atoms with Gasteiger partial charge in [0.1, 0.15) is 11.3 Å². The summed E-state index contributed by atoms with van der Waals surface area (Å²) < 4.78 is 11.6. The van der Waals surface area contributed by atoms with Gasteiger partial charge in [0.05, 0.1) is 11.2 Å². The van der Waals surface area contributed by atoms with Crippen molar-refractivity contribution in [2.24, 2.45) is 0 Å². The van der Waals surface area contributed by atoms with Crippen molar-refractivity contribution in [2.75, 3.05) is 0 Å². The lowest BCUT2D eigenvalue weighted by atomic mass is 9.77. The average molecular weight is 264 g/mol. The molecule has 0 unspecified atom stereocenters. The van der Waals surface area contributed by atoms with Gasteiger partial charge in [0.2, 0.25) is 0 Å². The predicted molar refractivity (Wildman–Crippen MR) is 70.8 cm³/mol. The van der Waals surface area contributed by atoms with Crippen LogP contribution in [0.1, 0.15) is 38.1 Å². The number of aromatic carboxylic acids is 1. The van der Waals surface area contributed by atoms with E-state index in [0.717, 1.165) is 0 Å². The van der Waals surface area contributed by atoms with E-state index < -0.39 is 24.3 Å². The molecule has 102 valence electrons. The van der Waals surface area contributed by atoms with E-state index in [1.165, 1.54) is 6.07 Å². The average Bonchev–Trinajstić information content (AvgIpc) is 2.47. The third-order valence-electron chi connectivity index (χ3n) is 3.80. The molecular weight excluding hydrogens is 247 g/mol. The predicted octanol–water partition coefficient (Wildman–Crippen LogP) is 1.39. The van der Waals surface area contributed by atoms with E-state index in [1.54, 1.807) is 12.1 Å². The molecule has 0 aliphatic carbocycles. The van der Waals surface area contributed by atoms with Crippen molar-refractivity contribution >= 4 is 18.6 Å². The number of hydrogen-bond acceptors (Lipinski definition) is 4. The smallest absolute Gasteiger partial charge is 0.498 e. The second kappa shape index (κ2) is 4.25. The summed E-state index contributed by atoms with van der Waals surface area (Å²) in [6.07, 6.45) is 0. The minimum absolute atomic E-state index is 0.160. The van der Waals surface area contributed by atoms with Crippen LogP contribution in [-0.4, -0.2) is 34.5 Å². The normalized spacial score (nSPS) is 20.5. The zero-order valence-corrected chi connectivity index (χ0v) is 11.4. The summed E-state index contributed by atoms with van der Waals surface area (Å²) in [6, 6.07) is 4.50. The number of para-hydroxylation sites is 1. The minimum Gasteiger partial charge on any atom is -0.507 e. The highest BCUT2D eigenvalue weighted by Gasteiger charge is 2.52. The first-order valence-corrected chi connectivity index (χ1v) is 6.06. The number of carbonyl (C=O) groups is 1. The fourth-order valence-electron chi connectivity index (χ4n) is 1.89. The van der Waals surface area contributed by atoms with Crippen molar-refractivity contribution in [3.63, 3.8) is 0 Å². The molecule has 2 N–H and O–H groups in total. The van der Waals surface area contributed by atoms with E-state index in [2.05, 4.69) is 0 Å². The summed E-state index contributed by atoms with van der Waals surface area (Å²) in [5.74, 6) is -1.50. The van der Waals surface area contributed by atoms with Crippen LogP contribution >= 0.6 is 0 Å². The molecule has 0 bridgehead atoms. The first-order chi connectivity index (χ1) is 8.66. The zero-order chi connectivity index (χ0) is 14.4. The molecule has 0 amide bonds. The standard InChI is InChI=1S/C13H17BO5/c1-12(2)13(3,4)19-14(18-12)9-7-5-6-8(10(9)15)11(16)17/h5-7,15H,1-4H3,(H,16,17). The van der Waals surface area contributed by atoms with Crippen molar-refractivity contribution in [3.05, 3.63) is 23.8 Å². The van der Waals surface area contributed by atoms with Gasteiger partial charge in [-0.05, 0) is 33.8 Å². The van der Waals surface area contributed by atoms with Gasteiger partial charge in [-0.3, -0.25) is 0 Å². The molecule has 0 atom stereocenters. The maximum atomic E-state index is 11.0. The molecule has 0 spiro atoms. The van der Waals surface area contributed by atoms with Crippen molar-refractivity contribution in [2.45, 2.75) is 38.9 Å². The van der Waals surface area contributed by atoms with Crippen LogP contribution in [-0.2, 0) is 9.31 Å². The van der Waals surface area contributed by atoms with Gasteiger partial charge < -0.3 is 19.5 Å². The Balaban J connectivity index is 2.40. The monoisotopic (exact) mass is 264 g/mol. The van der Waals surface area contributed by atoms with Gasteiger partial charge in [-0.15, -0.1) is 0 Å². The first kappa shape index (κ1) is 13.9. The van der Waals surface area contributed by atoms with Crippen molar-refractivity contribution in [3.8, 4) is 5.75 Å². The van der Waals surface area contributed by atoms with E-state index in [4.69, 9.17) is 14.4 Å². The summed E-state index contributed by atoms with van der Waals surface area (Å²) in [7, 11) is -0.774. The summed E-state index contributed by atoms with van der Waals surface area (Å²) in [4.78, 5) is 11.0. The Kier molecular flexibility index (Phi) is 3.11. The van der Waals surface area contributed by atoms with Crippen molar-refractivity contribution < 1.29 is 24.3 Å². The van der Waals surface area contributed by atoms with Crippen molar-refractivity contribution in [1.82, 2.24) is 0 Å². The molecule has 6 heteroatoms. The van der Waals surface area contributed by atoms with Gasteiger partial charge in [0, 0.05) is 5.46 Å². The van der Waals surface area contributed by atoms with Crippen LogP contribution in [0.15, 0.2) is 18.2 Å². The maximum Gasteiger partial charge on any atom is 0.498 e. The number of benzene rings is 1. The topological polar surface area (TPSA) is 76.0 Å².